The highest BCUT2D eigenvalue weighted by atomic mass is 32.2. The Balaban J connectivity index is 2.15. The van der Waals surface area contributed by atoms with Gasteiger partial charge in [-0.3, -0.25) is 0 Å². The van der Waals surface area contributed by atoms with Crippen molar-refractivity contribution in [2.75, 3.05) is 19.1 Å². The molecular formula is C16H16N2O3S. The van der Waals surface area contributed by atoms with Gasteiger partial charge in [-0.25, -0.2) is 4.79 Å². The molecule has 2 aromatic rings. The molecule has 0 bridgehead atoms. The molecule has 0 radical (unpaired) electrons. The third-order valence-electron chi connectivity index (χ3n) is 3.83. The first-order chi connectivity index (χ1) is 10.6. The fourth-order valence-electron chi connectivity index (χ4n) is 2.79. The number of fused-ring (bicyclic) bond motifs is 1. The maximum atomic E-state index is 12.2. The van der Waals surface area contributed by atoms with Crippen LogP contribution in [0.5, 0.6) is 0 Å². The SMILES string of the molecule is COC(=O)C1=C(C)c2oc(N)nc2C1c1ccc(SC)cc1. The second-order valence-electron chi connectivity index (χ2n) is 5.00. The number of thioether (sulfide) groups is 1. The summed E-state index contributed by atoms with van der Waals surface area (Å²) in [6.45, 7) is 1.83. The molecular weight excluding hydrogens is 300 g/mol. The minimum atomic E-state index is -0.372. The molecule has 1 aliphatic carbocycles. The van der Waals surface area contributed by atoms with Gasteiger partial charge in [0.05, 0.1) is 18.6 Å². The Morgan fingerprint density at radius 3 is 2.64 bits per heavy atom. The molecule has 1 aromatic heterocycles. The van der Waals surface area contributed by atoms with Crippen molar-refractivity contribution in [1.82, 2.24) is 4.98 Å². The number of ether oxygens (including phenoxy) is 1. The van der Waals surface area contributed by atoms with Crippen molar-refractivity contribution < 1.29 is 13.9 Å². The van der Waals surface area contributed by atoms with E-state index in [4.69, 9.17) is 14.9 Å². The van der Waals surface area contributed by atoms with Crippen LogP contribution in [0.4, 0.5) is 6.01 Å². The summed E-state index contributed by atoms with van der Waals surface area (Å²) in [4.78, 5) is 17.6. The van der Waals surface area contributed by atoms with Gasteiger partial charge in [0.1, 0.15) is 5.69 Å². The fraction of sp³-hybridized carbons (Fsp3) is 0.250. The third kappa shape index (κ3) is 2.20. The van der Waals surface area contributed by atoms with Gasteiger partial charge < -0.3 is 14.9 Å². The van der Waals surface area contributed by atoms with Crippen molar-refractivity contribution in [3.05, 3.63) is 46.9 Å². The van der Waals surface area contributed by atoms with E-state index in [1.165, 1.54) is 7.11 Å². The zero-order valence-corrected chi connectivity index (χ0v) is 13.4. The number of hydrogen-bond donors (Lipinski definition) is 1. The number of anilines is 1. The van der Waals surface area contributed by atoms with Gasteiger partial charge in [0, 0.05) is 10.5 Å². The van der Waals surface area contributed by atoms with Crippen LogP contribution < -0.4 is 5.73 Å². The summed E-state index contributed by atoms with van der Waals surface area (Å²) < 4.78 is 10.4. The largest absolute Gasteiger partial charge is 0.466 e. The van der Waals surface area contributed by atoms with Crippen LogP contribution in [0.3, 0.4) is 0 Å². The summed E-state index contributed by atoms with van der Waals surface area (Å²) in [6, 6.07) is 8.13. The van der Waals surface area contributed by atoms with Crippen molar-refractivity contribution in [2.45, 2.75) is 17.7 Å². The zero-order valence-electron chi connectivity index (χ0n) is 12.5. The molecule has 1 atom stereocenters. The number of rotatable bonds is 3. The summed E-state index contributed by atoms with van der Waals surface area (Å²) in [7, 11) is 1.37. The number of benzene rings is 1. The van der Waals surface area contributed by atoms with Gasteiger partial charge >= 0.3 is 5.97 Å². The molecule has 1 aliphatic rings. The number of nitrogen functional groups attached to an aromatic ring is 1. The number of esters is 1. The third-order valence-corrected chi connectivity index (χ3v) is 4.57. The van der Waals surface area contributed by atoms with Crippen LogP contribution in [0.1, 0.15) is 29.9 Å². The number of nitrogens with two attached hydrogens (primary N) is 1. The first-order valence-electron chi connectivity index (χ1n) is 6.76. The van der Waals surface area contributed by atoms with Crippen molar-refractivity contribution in [3.8, 4) is 0 Å². The van der Waals surface area contributed by atoms with Crippen molar-refractivity contribution >= 4 is 29.3 Å². The van der Waals surface area contributed by atoms with Gasteiger partial charge in [0.15, 0.2) is 5.76 Å². The minimum Gasteiger partial charge on any atom is -0.466 e. The number of allylic oxidation sites excluding steroid dienone is 1. The van der Waals surface area contributed by atoms with E-state index in [-0.39, 0.29) is 17.9 Å². The van der Waals surface area contributed by atoms with Gasteiger partial charge in [-0.2, -0.15) is 4.98 Å². The van der Waals surface area contributed by atoms with Crippen LogP contribution in [0, 0.1) is 0 Å². The van der Waals surface area contributed by atoms with Crippen molar-refractivity contribution in [3.63, 3.8) is 0 Å². The van der Waals surface area contributed by atoms with E-state index in [9.17, 15) is 4.79 Å². The Morgan fingerprint density at radius 2 is 2.05 bits per heavy atom. The average Bonchev–Trinajstić information content (AvgIpc) is 3.03. The first kappa shape index (κ1) is 14.7. The highest BCUT2D eigenvalue weighted by Crippen LogP contribution is 2.46. The van der Waals surface area contributed by atoms with Gasteiger partial charge in [-0.05, 0) is 30.9 Å². The lowest BCUT2D eigenvalue weighted by atomic mass is 9.91. The molecule has 22 heavy (non-hydrogen) atoms. The molecule has 0 spiro atoms. The van der Waals surface area contributed by atoms with Gasteiger partial charge in [0.2, 0.25) is 0 Å². The zero-order chi connectivity index (χ0) is 15.9. The van der Waals surface area contributed by atoms with E-state index in [0.29, 0.717) is 17.0 Å². The highest BCUT2D eigenvalue weighted by Gasteiger charge is 2.39. The molecule has 0 fully saturated rings. The Bertz CT molecular complexity index is 762. The molecule has 0 aliphatic heterocycles. The molecule has 0 saturated heterocycles. The maximum Gasteiger partial charge on any atom is 0.335 e. The average molecular weight is 316 g/mol. The number of methoxy groups -OCH3 is 1. The predicted molar refractivity (Wildman–Crippen MR) is 85.6 cm³/mol. The maximum absolute atomic E-state index is 12.2. The smallest absolute Gasteiger partial charge is 0.335 e. The number of nitrogens with zero attached hydrogens (tertiary/aromatic N) is 1. The molecule has 114 valence electrons. The van der Waals surface area contributed by atoms with Crippen LogP contribution in [-0.2, 0) is 9.53 Å². The van der Waals surface area contributed by atoms with E-state index in [1.54, 1.807) is 11.8 Å². The molecule has 1 aromatic carbocycles. The molecule has 3 rings (SSSR count). The molecule has 6 heteroatoms. The first-order valence-corrected chi connectivity index (χ1v) is 7.99. The van der Waals surface area contributed by atoms with Gasteiger partial charge in [0.25, 0.3) is 6.01 Å². The number of carbonyl (C=O) groups excluding carboxylic acids is 1. The second-order valence-corrected chi connectivity index (χ2v) is 5.88. The lowest BCUT2D eigenvalue weighted by molar-refractivity contribution is -0.136. The fourth-order valence-corrected chi connectivity index (χ4v) is 3.20. The van der Waals surface area contributed by atoms with Crippen LogP contribution in [0.15, 0.2) is 39.2 Å². The quantitative estimate of drug-likeness (QED) is 0.692. The summed E-state index contributed by atoms with van der Waals surface area (Å²) in [5, 5.41) is 0. The Hall–Kier alpha value is -2.21. The van der Waals surface area contributed by atoms with Crippen molar-refractivity contribution in [1.29, 1.82) is 0 Å². The Kier molecular flexibility index (Phi) is 3.70. The van der Waals surface area contributed by atoms with E-state index in [1.807, 2.05) is 37.4 Å². The van der Waals surface area contributed by atoms with E-state index in [2.05, 4.69) is 4.98 Å². The van der Waals surface area contributed by atoms with E-state index < -0.39 is 0 Å². The molecule has 5 nitrogen and oxygen atoms in total. The summed E-state index contributed by atoms with van der Waals surface area (Å²) in [5.41, 5.74) is 8.59. The number of oxazole rings is 1. The number of carbonyl (C=O) groups is 1. The molecule has 1 unspecified atom stereocenters. The summed E-state index contributed by atoms with van der Waals surface area (Å²) in [6.07, 6.45) is 2.02. The minimum absolute atomic E-state index is 0.110. The monoisotopic (exact) mass is 316 g/mol. The number of hydrogen-bond acceptors (Lipinski definition) is 6. The van der Waals surface area contributed by atoms with Gasteiger partial charge in [-0.1, -0.05) is 12.1 Å². The van der Waals surface area contributed by atoms with Crippen LogP contribution in [0.2, 0.25) is 0 Å². The Labute approximate surface area is 132 Å². The topological polar surface area (TPSA) is 78.3 Å². The summed E-state index contributed by atoms with van der Waals surface area (Å²) in [5.74, 6) is -0.112. The number of aromatic nitrogens is 1. The lowest BCUT2D eigenvalue weighted by Gasteiger charge is -2.14. The van der Waals surface area contributed by atoms with Crippen LogP contribution >= 0.6 is 11.8 Å². The van der Waals surface area contributed by atoms with Crippen LogP contribution in [-0.4, -0.2) is 24.3 Å². The highest BCUT2D eigenvalue weighted by molar-refractivity contribution is 7.98. The van der Waals surface area contributed by atoms with Crippen molar-refractivity contribution in [2.24, 2.45) is 0 Å². The normalized spacial score (nSPS) is 16.8. The summed E-state index contributed by atoms with van der Waals surface area (Å²) >= 11 is 1.66. The molecule has 2 N–H and O–H groups in total. The Morgan fingerprint density at radius 1 is 1.36 bits per heavy atom. The second kappa shape index (κ2) is 5.53. The van der Waals surface area contributed by atoms with E-state index >= 15 is 0 Å². The molecule has 0 saturated carbocycles. The van der Waals surface area contributed by atoms with E-state index in [0.717, 1.165) is 16.0 Å². The predicted octanol–water partition coefficient (Wildman–Crippen LogP) is 3.07. The van der Waals surface area contributed by atoms with Gasteiger partial charge in [-0.15, -0.1) is 11.8 Å². The lowest BCUT2D eigenvalue weighted by Crippen LogP contribution is -2.13. The molecule has 0 amide bonds. The van der Waals surface area contributed by atoms with Crippen LogP contribution in [0.25, 0.3) is 5.57 Å². The molecule has 1 heterocycles. The standard InChI is InChI=1S/C16H16N2O3S/c1-8-11(15(19)20-2)12(13-14(8)21-16(17)18-13)9-4-6-10(22-3)7-5-9/h4-7,12H,1-3H3,(H2,17,18).